The Bertz CT molecular complexity index is 681. The van der Waals surface area contributed by atoms with Gasteiger partial charge in [0.1, 0.15) is 5.82 Å². The highest BCUT2D eigenvalue weighted by atomic mass is 19.4. The second-order valence-electron chi connectivity index (χ2n) is 6.63. The van der Waals surface area contributed by atoms with E-state index in [-0.39, 0.29) is 6.04 Å². The van der Waals surface area contributed by atoms with Crippen LogP contribution in [0.3, 0.4) is 0 Å². The zero-order valence-corrected chi connectivity index (χ0v) is 13.7. The van der Waals surface area contributed by atoms with Crippen molar-refractivity contribution in [2.75, 3.05) is 0 Å². The van der Waals surface area contributed by atoms with Gasteiger partial charge in [-0.1, -0.05) is 26.2 Å². The largest absolute Gasteiger partial charge is 0.416 e. The summed E-state index contributed by atoms with van der Waals surface area (Å²) in [6.07, 6.45) is 2.41. The summed E-state index contributed by atoms with van der Waals surface area (Å²) in [7, 11) is 0. The van der Waals surface area contributed by atoms with Crippen LogP contribution < -0.4 is 0 Å². The van der Waals surface area contributed by atoms with Crippen molar-refractivity contribution in [1.82, 2.24) is 9.55 Å². The molecule has 1 aromatic heterocycles. The first-order valence-corrected chi connectivity index (χ1v) is 8.51. The minimum absolute atomic E-state index is 0.244. The van der Waals surface area contributed by atoms with Crippen molar-refractivity contribution in [3.63, 3.8) is 0 Å². The Hall–Kier alpha value is -1.52. The van der Waals surface area contributed by atoms with Gasteiger partial charge >= 0.3 is 6.18 Å². The van der Waals surface area contributed by atoms with Crippen LogP contribution in [0.4, 0.5) is 13.2 Å². The van der Waals surface area contributed by atoms with E-state index in [2.05, 4.69) is 23.4 Å². The van der Waals surface area contributed by atoms with Gasteiger partial charge in [0.15, 0.2) is 0 Å². The van der Waals surface area contributed by atoms with Crippen LogP contribution in [0.25, 0.3) is 11.0 Å². The minimum atomic E-state index is -4.32. The van der Waals surface area contributed by atoms with E-state index >= 15 is 0 Å². The Balaban J connectivity index is 2.13. The highest BCUT2D eigenvalue weighted by Crippen LogP contribution is 2.37. The SMILES string of the molecule is CCC(C)n1c(C2CCCCC2)nc2cc(C(F)(F)F)ccc21. The van der Waals surface area contributed by atoms with Crippen LogP contribution in [-0.2, 0) is 6.18 Å². The summed E-state index contributed by atoms with van der Waals surface area (Å²) in [5.74, 6) is 1.35. The fraction of sp³-hybridized carbons (Fsp3) is 0.611. The van der Waals surface area contributed by atoms with Crippen molar-refractivity contribution < 1.29 is 13.2 Å². The first-order valence-electron chi connectivity index (χ1n) is 8.51. The summed E-state index contributed by atoms with van der Waals surface area (Å²) < 4.78 is 41.1. The monoisotopic (exact) mass is 324 g/mol. The number of imidazole rings is 1. The van der Waals surface area contributed by atoms with E-state index in [0.717, 1.165) is 30.6 Å². The summed E-state index contributed by atoms with van der Waals surface area (Å²) in [6.45, 7) is 4.22. The van der Waals surface area contributed by atoms with E-state index < -0.39 is 11.7 Å². The second-order valence-corrected chi connectivity index (χ2v) is 6.63. The average molecular weight is 324 g/mol. The third-order valence-electron chi connectivity index (χ3n) is 5.05. The second kappa shape index (κ2) is 6.17. The number of halogens is 3. The maximum absolute atomic E-state index is 13.0. The van der Waals surface area contributed by atoms with E-state index in [9.17, 15) is 13.2 Å². The molecule has 2 aromatic rings. The highest BCUT2D eigenvalue weighted by Gasteiger charge is 2.32. The maximum Gasteiger partial charge on any atom is 0.416 e. The third kappa shape index (κ3) is 3.10. The van der Waals surface area contributed by atoms with Gasteiger partial charge in [-0.3, -0.25) is 0 Å². The van der Waals surface area contributed by atoms with Gasteiger partial charge in [-0.2, -0.15) is 13.2 Å². The number of aromatic nitrogens is 2. The number of benzene rings is 1. The number of hydrogen-bond donors (Lipinski definition) is 0. The van der Waals surface area contributed by atoms with Crippen LogP contribution in [0.15, 0.2) is 18.2 Å². The predicted molar refractivity (Wildman–Crippen MR) is 85.6 cm³/mol. The Morgan fingerprint density at radius 1 is 1.22 bits per heavy atom. The number of hydrogen-bond acceptors (Lipinski definition) is 1. The van der Waals surface area contributed by atoms with Gasteiger partial charge in [0.2, 0.25) is 0 Å². The Labute approximate surface area is 134 Å². The first-order chi connectivity index (χ1) is 10.9. The molecule has 0 N–H and O–H groups in total. The van der Waals surface area contributed by atoms with Crippen molar-refractivity contribution in [3.8, 4) is 0 Å². The molecule has 1 aromatic carbocycles. The molecule has 0 aliphatic heterocycles. The highest BCUT2D eigenvalue weighted by molar-refractivity contribution is 5.77. The van der Waals surface area contributed by atoms with Crippen molar-refractivity contribution in [1.29, 1.82) is 0 Å². The normalized spacial score (nSPS) is 18.5. The third-order valence-corrected chi connectivity index (χ3v) is 5.05. The molecule has 0 saturated heterocycles. The molecule has 23 heavy (non-hydrogen) atoms. The van der Waals surface area contributed by atoms with Crippen LogP contribution in [0, 0.1) is 0 Å². The minimum Gasteiger partial charge on any atom is -0.325 e. The van der Waals surface area contributed by atoms with Crippen LogP contribution in [0.1, 0.15) is 75.7 Å². The average Bonchev–Trinajstić information content (AvgIpc) is 2.92. The van der Waals surface area contributed by atoms with Crippen LogP contribution >= 0.6 is 0 Å². The fourth-order valence-electron chi connectivity index (χ4n) is 3.59. The standard InChI is InChI=1S/C18H23F3N2/c1-3-12(2)23-16-10-9-14(18(19,20)21)11-15(16)22-17(23)13-7-5-4-6-8-13/h9-13H,3-8H2,1-2H3. The Kier molecular flexibility index (Phi) is 4.39. The van der Waals surface area contributed by atoms with Crippen molar-refractivity contribution >= 4 is 11.0 Å². The molecule has 126 valence electrons. The number of nitrogens with zero attached hydrogens (tertiary/aromatic N) is 2. The first kappa shape index (κ1) is 16.3. The van der Waals surface area contributed by atoms with Gasteiger partial charge in [-0.05, 0) is 44.4 Å². The Morgan fingerprint density at radius 3 is 2.52 bits per heavy atom. The Morgan fingerprint density at radius 2 is 1.91 bits per heavy atom. The lowest BCUT2D eigenvalue weighted by Crippen LogP contribution is -2.14. The topological polar surface area (TPSA) is 17.8 Å². The quantitative estimate of drug-likeness (QED) is 0.669. The van der Waals surface area contributed by atoms with Crippen LogP contribution in [-0.4, -0.2) is 9.55 Å². The zero-order chi connectivity index (χ0) is 16.6. The van der Waals surface area contributed by atoms with Gasteiger partial charge in [-0.25, -0.2) is 4.98 Å². The van der Waals surface area contributed by atoms with E-state index in [4.69, 9.17) is 0 Å². The molecule has 1 unspecified atom stereocenters. The summed E-state index contributed by atoms with van der Waals surface area (Å²) in [4.78, 5) is 4.64. The van der Waals surface area contributed by atoms with E-state index in [1.54, 1.807) is 6.07 Å². The molecular formula is C18H23F3N2. The van der Waals surface area contributed by atoms with E-state index in [1.807, 2.05) is 0 Å². The molecule has 0 spiro atoms. The lowest BCUT2D eigenvalue weighted by Gasteiger charge is -2.24. The van der Waals surface area contributed by atoms with Crippen LogP contribution in [0.5, 0.6) is 0 Å². The van der Waals surface area contributed by atoms with Crippen molar-refractivity contribution in [2.24, 2.45) is 0 Å². The van der Waals surface area contributed by atoms with Crippen LogP contribution in [0.2, 0.25) is 0 Å². The molecule has 0 amide bonds. The van der Waals surface area contributed by atoms with Gasteiger partial charge < -0.3 is 4.57 Å². The van der Waals surface area contributed by atoms with Crippen molar-refractivity contribution in [2.45, 2.75) is 70.5 Å². The van der Waals surface area contributed by atoms with Gasteiger partial charge in [0.25, 0.3) is 0 Å². The fourth-order valence-corrected chi connectivity index (χ4v) is 3.59. The predicted octanol–water partition coefficient (Wildman–Crippen LogP) is 6.07. The summed E-state index contributed by atoms with van der Waals surface area (Å²) in [6, 6.07) is 4.20. The van der Waals surface area contributed by atoms with Crippen molar-refractivity contribution in [3.05, 3.63) is 29.6 Å². The molecule has 1 aliphatic rings. The van der Waals surface area contributed by atoms with Gasteiger partial charge in [0.05, 0.1) is 16.6 Å². The molecular weight excluding hydrogens is 301 g/mol. The summed E-state index contributed by atoms with van der Waals surface area (Å²) in [5, 5.41) is 0. The number of alkyl halides is 3. The lowest BCUT2D eigenvalue weighted by molar-refractivity contribution is -0.137. The molecule has 0 bridgehead atoms. The summed E-state index contributed by atoms with van der Waals surface area (Å²) >= 11 is 0. The van der Waals surface area contributed by atoms with Gasteiger partial charge in [0, 0.05) is 12.0 Å². The molecule has 2 nitrogen and oxygen atoms in total. The molecule has 5 heteroatoms. The molecule has 1 atom stereocenters. The molecule has 1 aliphatic carbocycles. The number of fused-ring (bicyclic) bond motifs is 1. The van der Waals surface area contributed by atoms with E-state index in [0.29, 0.717) is 11.4 Å². The zero-order valence-electron chi connectivity index (χ0n) is 13.7. The van der Waals surface area contributed by atoms with Gasteiger partial charge in [-0.15, -0.1) is 0 Å². The molecule has 3 rings (SSSR count). The maximum atomic E-state index is 13.0. The molecule has 1 heterocycles. The lowest BCUT2D eigenvalue weighted by atomic mass is 9.88. The van der Waals surface area contributed by atoms with E-state index in [1.165, 1.54) is 31.4 Å². The summed E-state index contributed by atoms with van der Waals surface area (Å²) in [5.41, 5.74) is 0.683. The molecule has 0 radical (unpaired) electrons. The molecule has 1 saturated carbocycles. The smallest absolute Gasteiger partial charge is 0.325 e. The molecule has 1 fully saturated rings. The number of rotatable bonds is 3.